The summed E-state index contributed by atoms with van der Waals surface area (Å²) in [4.78, 5) is 0. The van der Waals surface area contributed by atoms with E-state index in [4.69, 9.17) is 0 Å². The average Bonchev–Trinajstić information content (AvgIpc) is 2.31. The zero-order valence-electron chi connectivity index (χ0n) is 8.11. The van der Waals surface area contributed by atoms with Gasteiger partial charge < -0.3 is 24.8 Å². The van der Waals surface area contributed by atoms with Crippen LogP contribution in [-0.4, -0.2) is 0 Å². The molecule has 0 bridgehead atoms. The molecule has 0 saturated heterocycles. The molecule has 0 fully saturated rings. The van der Waals surface area contributed by atoms with Gasteiger partial charge >= 0.3 is 78.5 Å². The molecule has 0 aromatic carbocycles. The van der Waals surface area contributed by atoms with Gasteiger partial charge in [-0.2, -0.15) is 0 Å². The number of hydrogen-bond acceptors (Lipinski definition) is 0. The molecule has 0 unspecified atom stereocenters. The van der Waals surface area contributed by atoms with E-state index in [0.29, 0.717) is 0 Å². The minimum atomic E-state index is 0. The molecule has 0 radical (unpaired) electrons. The van der Waals surface area contributed by atoms with Gasteiger partial charge in [0.25, 0.3) is 0 Å². The number of unbranched alkanes of at least 4 members (excludes halogenated alkanes) is 1. The van der Waals surface area contributed by atoms with Crippen molar-refractivity contribution in [3.8, 4) is 0 Å². The maximum absolute atomic E-state index is 2.71. The molecule has 3 heteroatoms. The first-order valence-electron chi connectivity index (χ1n) is 4.33. The second kappa shape index (κ2) is 7.99. The molecular weight excluding hydrogens is 242 g/mol. The fourth-order valence-electron chi connectivity index (χ4n) is 1.36. The third kappa shape index (κ3) is 4.60. The molecule has 1 rings (SSSR count). The van der Waals surface area contributed by atoms with Crippen molar-refractivity contribution in [3.63, 3.8) is 0 Å². The fourth-order valence-corrected chi connectivity index (χ4v) is 1.82. The molecule has 0 nitrogen and oxygen atoms in total. The van der Waals surface area contributed by atoms with Crippen LogP contribution in [0.4, 0.5) is 0 Å². The van der Waals surface area contributed by atoms with Gasteiger partial charge in [0.1, 0.15) is 0 Å². The molecule has 13 heavy (non-hydrogen) atoms. The third-order valence-electron chi connectivity index (χ3n) is 2.20. The summed E-state index contributed by atoms with van der Waals surface area (Å²) >= 11 is 2.71. The summed E-state index contributed by atoms with van der Waals surface area (Å²) in [7, 11) is 0. The first-order valence-corrected chi connectivity index (χ1v) is 5.03. The first-order chi connectivity index (χ1) is 5.25. The van der Waals surface area contributed by atoms with E-state index in [2.05, 4.69) is 37.3 Å². The van der Waals surface area contributed by atoms with Crippen molar-refractivity contribution in [1.29, 1.82) is 0 Å². The molecule has 0 aliphatic heterocycles. The van der Waals surface area contributed by atoms with Crippen LogP contribution in [0.25, 0.3) is 0 Å². The van der Waals surface area contributed by atoms with Crippen molar-refractivity contribution in [3.05, 3.63) is 21.5 Å². The van der Waals surface area contributed by atoms with Crippen LogP contribution < -0.4 is 24.8 Å². The normalized spacial score (nSPS) is 14.7. The van der Waals surface area contributed by atoms with E-state index in [1.54, 1.807) is 5.57 Å². The Labute approximate surface area is 103 Å². The second-order valence-corrected chi connectivity index (χ2v) is 3.85. The van der Waals surface area contributed by atoms with E-state index in [1.807, 2.05) is 0 Å². The molecule has 0 heterocycles. The van der Waals surface area contributed by atoms with Gasteiger partial charge in [0.2, 0.25) is 0 Å². The number of halogens is 2. The summed E-state index contributed by atoms with van der Waals surface area (Å²) in [5, 5.41) is 0. The minimum Gasteiger partial charge on any atom is -1.00 e. The van der Waals surface area contributed by atoms with Gasteiger partial charge in [-0.15, -0.1) is 0 Å². The van der Waals surface area contributed by atoms with Crippen LogP contribution in [0.1, 0.15) is 39.5 Å². The number of allylic oxidation sites excluding steroid dienone is 4. The summed E-state index contributed by atoms with van der Waals surface area (Å²) in [5.74, 6) is 0. The third-order valence-corrected chi connectivity index (χ3v) is 3.24. The minimum absolute atomic E-state index is 0. The summed E-state index contributed by atoms with van der Waals surface area (Å²) in [5.41, 5.74) is 3.11. The summed E-state index contributed by atoms with van der Waals surface area (Å²) < 4.78 is 1.49. The van der Waals surface area contributed by atoms with Crippen LogP contribution in [0.3, 0.4) is 0 Å². The fraction of sp³-hybridized carbons (Fsp3) is 0.600. The Kier molecular flexibility index (Phi) is 9.89. The van der Waals surface area contributed by atoms with E-state index in [-0.39, 0.29) is 24.8 Å². The SMILES string of the molecule is CCCCC1=[C]([V+2])C(C)=CC1.[Cl-].[Cl-]. The van der Waals surface area contributed by atoms with E-state index in [1.165, 1.54) is 35.5 Å². The predicted molar refractivity (Wildman–Crippen MR) is 44.9 cm³/mol. The maximum Gasteiger partial charge on any atom is -1.00 e. The standard InChI is InChI=1S/C10H15.2ClH.V/c1-3-4-5-10-7-6-9(2)8-10;;;/h6H,3-5,7H2,1-2H3;2*1H;/q;;;+2/p-2. The van der Waals surface area contributed by atoms with Crippen LogP contribution in [0.5, 0.6) is 0 Å². The predicted octanol–water partition coefficient (Wildman–Crippen LogP) is -2.66. The largest absolute Gasteiger partial charge is 1.00 e. The maximum atomic E-state index is 2.71. The molecular formula is C10H15Cl2V. The molecule has 0 spiro atoms. The van der Waals surface area contributed by atoms with Gasteiger partial charge in [0.05, 0.1) is 0 Å². The molecule has 0 aromatic rings. The molecule has 0 N–H and O–H groups in total. The second-order valence-electron chi connectivity index (χ2n) is 3.15. The summed E-state index contributed by atoms with van der Waals surface area (Å²) in [6.45, 7) is 4.45. The Bertz CT molecular complexity index is 207. The van der Waals surface area contributed by atoms with Crippen LogP contribution in [0.15, 0.2) is 21.5 Å². The van der Waals surface area contributed by atoms with Crippen molar-refractivity contribution >= 4 is 0 Å². The van der Waals surface area contributed by atoms with Crippen LogP contribution in [-0.2, 0) is 17.4 Å². The monoisotopic (exact) mass is 256 g/mol. The molecule has 1 aliphatic carbocycles. The molecule has 74 valence electrons. The quantitative estimate of drug-likeness (QED) is 0.517. The number of hydrogen-bond donors (Lipinski definition) is 0. The Morgan fingerprint density at radius 2 is 2.00 bits per heavy atom. The molecule has 0 saturated carbocycles. The van der Waals surface area contributed by atoms with Crippen molar-refractivity contribution in [1.82, 2.24) is 0 Å². The molecule has 0 atom stereocenters. The first kappa shape index (κ1) is 16.1. The molecule has 0 amide bonds. The van der Waals surface area contributed by atoms with Crippen molar-refractivity contribution in [2.45, 2.75) is 39.5 Å². The van der Waals surface area contributed by atoms with E-state index >= 15 is 0 Å². The summed E-state index contributed by atoms with van der Waals surface area (Å²) in [6, 6.07) is 0. The number of rotatable bonds is 3. The smallest absolute Gasteiger partial charge is 1.00 e. The topological polar surface area (TPSA) is 0 Å². The zero-order chi connectivity index (χ0) is 8.27. The zero-order valence-corrected chi connectivity index (χ0v) is 11.0. The van der Waals surface area contributed by atoms with Gasteiger partial charge in [0.15, 0.2) is 0 Å². The van der Waals surface area contributed by atoms with Crippen LogP contribution in [0.2, 0.25) is 0 Å². The average molecular weight is 257 g/mol. The van der Waals surface area contributed by atoms with Crippen molar-refractivity contribution in [2.24, 2.45) is 0 Å². The van der Waals surface area contributed by atoms with Crippen molar-refractivity contribution < 1.29 is 42.2 Å². The Morgan fingerprint density at radius 1 is 1.38 bits per heavy atom. The van der Waals surface area contributed by atoms with Gasteiger partial charge in [-0.05, 0) is 0 Å². The Hall–Kier alpha value is 0.644. The van der Waals surface area contributed by atoms with Crippen LogP contribution >= 0.6 is 0 Å². The van der Waals surface area contributed by atoms with E-state index < -0.39 is 0 Å². The molecule has 0 aromatic heterocycles. The van der Waals surface area contributed by atoms with E-state index in [0.717, 1.165) is 0 Å². The Balaban J connectivity index is 0. The van der Waals surface area contributed by atoms with Crippen LogP contribution in [0, 0.1) is 0 Å². The van der Waals surface area contributed by atoms with Gasteiger partial charge in [-0.3, -0.25) is 0 Å². The van der Waals surface area contributed by atoms with Gasteiger partial charge in [0, 0.05) is 0 Å². The van der Waals surface area contributed by atoms with Gasteiger partial charge in [-0.1, -0.05) is 0 Å². The Morgan fingerprint density at radius 3 is 2.38 bits per heavy atom. The van der Waals surface area contributed by atoms with Crippen molar-refractivity contribution in [2.75, 3.05) is 0 Å². The van der Waals surface area contributed by atoms with E-state index in [9.17, 15) is 0 Å². The van der Waals surface area contributed by atoms with Gasteiger partial charge in [-0.25, -0.2) is 0 Å². The summed E-state index contributed by atoms with van der Waals surface area (Å²) in [6.07, 6.45) is 7.49. The molecule has 1 aliphatic rings.